The standard InChI is InChI=1S/C41H55N3O4S.ClH/c1-5-7-21-41(22-8-6-2)29-49(47,48)37-17-16-35(43(3)4)27-36(37)38(39(41)45)33-10-9-11-34(26-33)42-40(46)32-14-12-31(13-15-32)28-44-23-18-30(19-24-44)20-25-44;/h9-17,26-27,30,38-39,45H,5-8,18-25,28-29H2,1-4H3;1H/t30?,38-,39-,44?;/m1./s1. The Morgan fingerprint density at radius 1 is 0.920 bits per heavy atom. The molecule has 0 unspecified atom stereocenters. The van der Waals surface area contributed by atoms with E-state index >= 15 is 0 Å². The Morgan fingerprint density at radius 2 is 1.56 bits per heavy atom. The normalized spacial score (nSPS) is 24.8. The molecule has 3 aromatic carbocycles. The monoisotopic (exact) mass is 721 g/mol. The van der Waals surface area contributed by atoms with E-state index in [0.29, 0.717) is 34.6 Å². The Balaban J connectivity index is 0.00000486. The molecule has 9 heteroatoms. The van der Waals surface area contributed by atoms with Crippen molar-refractivity contribution >= 4 is 27.1 Å². The molecule has 0 radical (unpaired) electrons. The number of hydrogen-bond donors (Lipinski definition) is 2. The third-order valence-electron chi connectivity index (χ3n) is 11.9. The predicted molar refractivity (Wildman–Crippen MR) is 199 cm³/mol. The minimum absolute atomic E-state index is 0. The van der Waals surface area contributed by atoms with Crippen LogP contribution in [0.25, 0.3) is 0 Å². The molecule has 2 bridgehead atoms. The van der Waals surface area contributed by atoms with Gasteiger partial charge in [0.05, 0.1) is 36.4 Å². The van der Waals surface area contributed by atoms with E-state index in [4.69, 9.17) is 0 Å². The molecule has 3 fully saturated rings. The van der Waals surface area contributed by atoms with E-state index in [1.165, 1.54) is 48.9 Å². The van der Waals surface area contributed by atoms with E-state index in [1.807, 2.05) is 67.5 Å². The number of benzene rings is 3. The highest BCUT2D eigenvalue weighted by Crippen LogP contribution is 2.50. The zero-order valence-electron chi connectivity index (χ0n) is 30.3. The van der Waals surface area contributed by atoms with Crippen molar-refractivity contribution in [3.63, 3.8) is 0 Å². The summed E-state index contributed by atoms with van der Waals surface area (Å²) in [6.45, 7) is 9.06. The van der Waals surface area contributed by atoms with Gasteiger partial charge in [0.15, 0.2) is 9.84 Å². The van der Waals surface area contributed by atoms with Crippen molar-refractivity contribution in [3.8, 4) is 0 Å². The number of hydrogen-bond acceptors (Lipinski definition) is 5. The quantitative estimate of drug-likeness (QED) is 0.263. The minimum Gasteiger partial charge on any atom is -1.00 e. The topological polar surface area (TPSA) is 86.7 Å². The Labute approximate surface area is 306 Å². The number of carbonyl (C=O) groups excluding carboxylic acids is 1. The Hall–Kier alpha value is -2.91. The second kappa shape index (κ2) is 15.8. The fourth-order valence-electron chi connectivity index (χ4n) is 8.93. The van der Waals surface area contributed by atoms with Gasteiger partial charge in [-0.2, -0.15) is 0 Å². The number of piperidine rings is 3. The molecule has 4 heterocycles. The first-order valence-corrected chi connectivity index (χ1v) is 20.2. The molecule has 0 saturated carbocycles. The number of sulfone groups is 1. The van der Waals surface area contributed by atoms with Crippen molar-refractivity contribution < 1.29 is 35.2 Å². The lowest BCUT2D eigenvalue weighted by molar-refractivity contribution is -0.955. The third kappa shape index (κ3) is 7.94. The number of anilines is 2. The molecular formula is C41H56ClN3O4S. The van der Waals surface area contributed by atoms with Crippen LogP contribution in [0.1, 0.15) is 105 Å². The molecular weight excluding hydrogens is 666 g/mol. The van der Waals surface area contributed by atoms with E-state index in [-0.39, 0.29) is 24.1 Å². The van der Waals surface area contributed by atoms with Gasteiger partial charge in [-0.3, -0.25) is 4.79 Å². The van der Waals surface area contributed by atoms with Crippen LogP contribution < -0.4 is 22.6 Å². The number of aliphatic hydroxyl groups excluding tert-OH is 1. The summed E-state index contributed by atoms with van der Waals surface area (Å²) < 4.78 is 29.6. The molecule has 7 rings (SSSR count). The fourth-order valence-corrected chi connectivity index (χ4v) is 11.1. The Morgan fingerprint density at radius 3 is 2.16 bits per heavy atom. The molecule has 7 nitrogen and oxygen atoms in total. The van der Waals surface area contributed by atoms with Crippen molar-refractivity contribution in [2.24, 2.45) is 11.3 Å². The lowest BCUT2D eigenvalue weighted by atomic mass is 9.68. The number of aliphatic hydroxyl groups is 1. The summed E-state index contributed by atoms with van der Waals surface area (Å²) >= 11 is 0. The first-order chi connectivity index (χ1) is 23.5. The van der Waals surface area contributed by atoms with Crippen LogP contribution in [0, 0.1) is 11.3 Å². The van der Waals surface area contributed by atoms with Crippen LogP contribution in [0.15, 0.2) is 71.6 Å². The number of rotatable bonds is 12. The molecule has 3 saturated heterocycles. The maximum absolute atomic E-state index is 14.2. The van der Waals surface area contributed by atoms with Crippen molar-refractivity contribution in [2.75, 3.05) is 49.7 Å². The molecule has 0 aliphatic carbocycles. The number of amides is 1. The van der Waals surface area contributed by atoms with Crippen LogP contribution in [-0.2, 0) is 16.4 Å². The van der Waals surface area contributed by atoms with Gasteiger partial charge in [-0.1, -0.05) is 63.8 Å². The van der Waals surface area contributed by atoms with Crippen molar-refractivity contribution in [1.82, 2.24) is 0 Å². The number of nitrogens with zero attached hydrogens (tertiary/aromatic N) is 2. The molecule has 0 aromatic heterocycles. The number of nitrogens with one attached hydrogen (secondary N) is 1. The van der Waals surface area contributed by atoms with Gasteiger partial charge >= 0.3 is 0 Å². The Kier molecular flexibility index (Phi) is 12.1. The number of quaternary nitrogens is 1. The summed E-state index contributed by atoms with van der Waals surface area (Å²) in [7, 11) is 0.180. The van der Waals surface area contributed by atoms with Crippen molar-refractivity contribution in [1.29, 1.82) is 0 Å². The maximum Gasteiger partial charge on any atom is 0.255 e. The summed E-state index contributed by atoms with van der Waals surface area (Å²) in [6, 6.07) is 21.2. The van der Waals surface area contributed by atoms with Gasteiger partial charge in [0, 0.05) is 47.9 Å². The van der Waals surface area contributed by atoms with Crippen LogP contribution in [-0.4, -0.2) is 69.5 Å². The largest absolute Gasteiger partial charge is 1.00 e. The first kappa shape index (κ1) is 38.3. The lowest BCUT2D eigenvalue weighted by Gasteiger charge is -2.49. The number of unbranched alkanes of at least 4 members (excludes halogenated alkanes) is 2. The average molecular weight is 722 g/mol. The SMILES string of the molecule is CCCCC1(CCCC)CS(=O)(=O)c2ccc(N(C)C)cc2[C@@H](c2cccc(NC(=O)c3ccc(C[N+]45CCC(CC4)CC5)cc3)c2)[C@H]1O.[Cl-]. The van der Waals surface area contributed by atoms with E-state index in [1.54, 1.807) is 6.07 Å². The number of carbonyl (C=O) groups is 1. The second-order valence-corrected chi connectivity index (χ2v) is 17.5. The fraction of sp³-hybridized carbons (Fsp3) is 0.537. The first-order valence-electron chi connectivity index (χ1n) is 18.6. The Bertz CT molecular complexity index is 1710. The minimum atomic E-state index is -3.69. The average Bonchev–Trinajstić information content (AvgIpc) is 3.17. The zero-order valence-corrected chi connectivity index (χ0v) is 31.9. The summed E-state index contributed by atoms with van der Waals surface area (Å²) in [6.07, 6.45) is 7.92. The summed E-state index contributed by atoms with van der Waals surface area (Å²) in [5.41, 5.74) is 4.02. The lowest BCUT2D eigenvalue weighted by Crippen LogP contribution is -3.00. The molecule has 2 N–H and O–H groups in total. The molecule has 2 atom stereocenters. The predicted octanol–water partition coefficient (Wildman–Crippen LogP) is 4.79. The highest BCUT2D eigenvalue weighted by molar-refractivity contribution is 7.91. The van der Waals surface area contributed by atoms with Gasteiger partial charge in [0.25, 0.3) is 5.91 Å². The van der Waals surface area contributed by atoms with Crippen molar-refractivity contribution in [2.45, 2.75) is 95.1 Å². The molecule has 4 aliphatic heterocycles. The summed E-state index contributed by atoms with van der Waals surface area (Å²) in [4.78, 5) is 15.8. The van der Waals surface area contributed by atoms with Gasteiger partial charge in [-0.15, -0.1) is 0 Å². The van der Waals surface area contributed by atoms with Crippen LogP contribution in [0.4, 0.5) is 11.4 Å². The zero-order chi connectivity index (χ0) is 34.8. The maximum atomic E-state index is 14.2. The van der Waals surface area contributed by atoms with E-state index in [9.17, 15) is 18.3 Å². The van der Waals surface area contributed by atoms with Crippen LogP contribution in [0.3, 0.4) is 0 Å². The van der Waals surface area contributed by atoms with E-state index < -0.39 is 27.3 Å². The second-order valence-electron chi connectivity index (χ2n) is 15.5. The number of fused-ring (bicyclic) bond motifs is 4. The van der Waals surface area contributed by atoms with Gasteiger partial charge in [0.1, 0.15) is 6.54 Å². The molecule has 0 spiro atoms. The molecule has 1 amide bonds. The van der Waals surface area contributed by atoms with Gasteiger partial charge in [0.2, 0.25) is 0 Å². The van der Waals surface area contributed by atoms with Gasteiger partial charge in [-0.25, -0.2) is 8.42 Å². The highest BCUT2D eigenvalue weighted by Gasteiger charge is 2.49. The molecule has 3 aromatic rings. The molecule has 4 aliphatic rings. The smallest absolute Gasteiger partial charge is 0.255 e. The summed E-state index contributed by atoms with van der Waals surface area (Å²) in [5, 5.41) is 15.6. The van der Waals surface area contributed by atoms with E-state index in [0.717, 1.165) is 49.4 Å². The van der Waals surface area contributed by atoms with Gasteiger partial charge in [-0.05, 0) is 91.6 Å². The highest BCUT2D eigenvalue weighted by atomic mass is 35.5. The van der Waals surface area contributed by atoms with Crippen LogP contribution >= 0.6 is 0 Å². The summed E-state index contributed by atoms with van der Waals surface area (Å²) in [5.74, 6) is 0.0932. The molecule has 272 valence electrons. The number of halogens is 1. The third-order valence-corrected chi connectivity index (χ3v) is 13.9. The van der Waals surface area contributed by atoms with E-state index in [2.05, 4.69) is 31.3 Å². The van der Waals surface area contributed by atoms with Crippen LogP contribution in [0.2, 0.25) is 0 Å². The van der Waals surface area contributed by atoms with Gasteiger partial charge < -0.3 is 32.2 Å². The van der Waals surface area contributed by atoms with Crippen LogP contribution in [0.5, 0.6) is 0 Å². The molecule has 50 heavy (non-hydrogen) atoms. The van der Waals surface area contributed by atoms with Crippen molar-refractivity contribution in [3.05, 3.63) is 89.0 Å².